The van der Waals surface area contributed by atoms with Gasteiger partial charge in [0.15, 0.2) is 0 Å². The number of rotatable bonds is 2. The predicted molar refractivity (Wildman–Crippen MR) is 136 cm³/mol. The average Bonchev–Trinajstić information content (AvgIpc) is 2.82. The molecule has 0 aromatic heterocycles. The molecule has 0 spiro atoms. The second kappa shape index (κ2) is 10.9. The van der Waals surface area contributed by atoms with E-state index in [0.717, 1.165) is 64.3 Å². The molecule has 5 atom stereocenters. The number of halogens is 2. The minimum atomic E-state index is -0.748. The Bertz CT molecular complexity index is 836. The summed E-state index contributed by atoms with van der Waals surface area (Å²) in [5.74, 6) is 0. The first-order valence-corrected chi connectivity index (χ1v) is 12.6. The van der Waals surface area contributed by atoms with Crippen LogP contribution in [0.1, 0.15) is 23.6 Å². The van der Waals surface area contributed by atoms with Gasteiger partial charge in [0.25, 0.3) is 0 Å². The lowest BCUT2D eigenvalue weighted by Gasteiger charge is -2.47. The normalized spacial score (nSPS) is 33.6. The van der Waals surface area contributed by atoms with Gasteiger partial charge in [-0.3, -0.25) is 9.80 Å². The maximum atomic E-state index is 7.56. The van der Waals surface area contributed by atoms with Gasteiger partial charge in [-0.2, -0.15) is 0 Å². The first-order valence-electron chi connectivity index (χ1n) is 11.8. The quantitative estimate of drug-likeness (QED) is 0.474. The summed E-state index contributed by atoms with van der Waals surface area (Å²) in [6, 6.07) is 21.7. The van der Waals surface area contributed by atoms with Crippen LogP contribution < -0.4 is 0 Å². The highest BCUT2D eigenvalue weighted by atomic mass is 35.5. The molecule has 2 aliphatic heterocycles. The third-order valence-electron chi connectivity index (χ3n) is 7.17. The zero-order chi connectivity index (χ0) is 22.6. The third kappa shape index (κ3) is 5.32. The minimum absolute atomic E-state index is 0.221. The van der Waals surface area contributed by atoms with Gasteiger partial charge in [0.2, 0.25) is 0 Å². The highest BCUT2D eigenvalue weighted by molar-refractivity contribution is 6.32. The number of nitrogens with zero attached hydrogens (tertiary/aromatic N) is 4. The lowest BCUT2D eigenvalue weighted by Crippen LogP contribution is -2.57. The summed E-state index contributed by atoms with van der Waals surface area (Å²) >= 11 is 14.7. The van der Waals surface area contributed by atoms with Crippen molar-refractivity contribution < 1.29 is 0 Å². The summed E-state index contributed by atoms with van der Waals surface area (Å²) in [4.78, 5) is 9.12. The maximum absolute atomic E-state index is 7.56. The van der Waals surface area contributed by atoms with Crippen molar-refractivity contribution in [3.8, 4) is 0 Å². The van der Waals surface area contributed by atoms with Crippen molar-refractivity contribution in [1.29, 1.82) is 0 Å². The molecule has 0 radical (unpaired) electrons. The van der Waals surface area contributed by atoms with Crippen LogP contribution >= 0.6 is 23.2 Å². The van der Waals surface area contributed by atoms with Crippen LogP contribution in [0.4, 0.5) is 0 Å². The minimum Gasteiger partial charge on any atom is -0.303 e. The van der Waals surface area contributed by atoms with Crippen LogP contribution in [0.25, 0.3) is 0 Å². The fourth-order valence-corrected chi connectivity index (χ4v) is 5.99. The Morgan fingerprint density at radius 3 is 2.12 bits per heavy atom. The van der Waals surface area contributed by atoms with Crippen molar-refractivity contribution in [2.24, 2.45) is 0 Å². The van der Waals surface area contributed by atoms with Gasteiger partial charge in [-0.15, -0.1) is 11.6 Å². The van der Waals surface area contributed by atoms with E-state index in [4.69, 9.17) is 23.2 Å². The van der Waals surface area contributed by atoms with E-state index in [2.05, 4.69) is 88.3 Å². The molecule has 2 heterocycles. The van der Waals surface area contributed by atoms with Crippen LogP contribution in [0.15, 0.2) is 60.7 Å². The van der Waals surface area contributed by atoms with Gasteiger partial charge in [0.1, 0.15) is 5.00 Å². The van der Waals surface area contributed by atoms with Crippen LogP contribution in [0, 0.1) is 0 Å². The Morgan fingerprint density at radius 1 is 0.781 bits per heavy atom. The molecule has 2 saturated heterocycles. The second-order valence-corrected chi connectivity index (χ2v) is 10.4. The smallest absolute Gasteiger partial charge is 0.139 e. The van der Waals surface area contributed by atoms with E-state index in [-0.39, 0.29) is 5.38 Å². The maximum Gasteiger partial charge on any atom is 0.139 e. The Hall–Kier alpha value is -1.14. The fourth-order valence-electron chi connectivity index (χ4n) is 5.12. The van der Waals surface area contributed by atoms with E-state index in [1.54, 1.807) is 0 Å². The lowest BCUT2D eigenvalue weighted by atomic mass is 9.98. The summed E-state index contributed by atoms with van der Waals surface area (Å²) in [6.45, 7) is 7.62. The second-order valence-electron chi connectivity index (χ2n) is 9.29. The molecule has 0 aliphatic carbocycles. The molecule has 2 aliphatic rings. The zero-order valence-electron chi connectivity index (χ0n) is 19.3. The molecule has 32 heavy (non-hydrogen) atoms. The van der Waals surface area contributed by atoms with E-state index >= 15 is 0 Å². The number of alkyl halides is 2. The Morgan fingerprint density at radius 2 is 1.41 bits per heavy atom. The molecule has 2 aromatic rings. The van der Waals surface area contributed by atoms with Gasteiger partial charge < -0.3 is 9.80 Å². The summed E-state index contributed by atoms with van der Waals surface area (Å²) in [5, 5.41) is -0.221. The van der Waals surface area contributed by atoms with Crippen LogP contribution in [0.5, 0.6) is 0 Å². The van der Waals surface area contributed by atoms with Crippen molar-refractivity contribution in [2.45, 2.75) is 22.8 Å². The Balaban J connectivity index is 1.69. The molecule has 0 saturated carbocycles. The average molecular weight is 476 g/mol. The summed E-state index contributed by atoms with van der Waals surface area (Å²) in [7, 11) is 4.41. The molecule has 174 valence electrons. The van der Waals surface area contributed by atoms with Crippen molar-refractivity contribution in [3.05, 3.63) is 71.8 Å². The summed E-state index contributed by atoms with van der Waals surface area (Å²) in [6.07, 6.45) is 1.13. The fraction of sp³-hybridized carbons (Fsp3) is 0.538. The molecule has 2 aromatic carbocycles. The Kier molecular flexibility index (Phi) is 8.14. The largest absolute Gasteiger partial charge is 0.303 e. The van der Waals surface area contributed by atoms with Gasteiger partial charge in [0, 0.05) is 58.4 Å². The highest BCUT2D eigenvalue weighted by Gasteiger charge is 2.44. The topological polar surface area (TPSA) is 13.0 Å². The highest BCUT2D eigenvalue weighted by Crippen LogP contribution is 2.40. The van der Waals surface area contributed by atoms with Crippen molar-refractivity contribution in [2.75, 3.05) is 66.5 Å². The van der Waals surface area contributed by atoms with Gasteiger partial charge in [-0.25, -0.2) is 0 Å². The molecule has 2 fully saturated rings. The molecule has 4 rings (SSSR count). The van der Waals surface area contributed by atoms with Gasteiger partial charge in [0.05, 0.1) is 5.38 Å². The van der Waals surface area contributed by atoms with Crippen LogP contribution in [0.3, 0.4) is 0 Å². The molecule has 5 unspecified atom stereocenters. The third-order valence-corrected chi connectivity index (χ3v) is 8.45. The first-order chi connectivity index (χ1) is 15.5. The number of hydrogen-bond acceptors (Lipinski definition) is 4. The van der Waals surface area contributed by atoms with E-state index in [1.165, 1.54) is 5.56 Å². The monoisotopic (exact) mass is 474 g/mol. The summed E-state index contributed by atoms with van der Waals surface area (Å²) in [5.41, 5.74) is 2.48. The molecule has 6 heteroatoms. The molecular weight excluding hydrogens is 439 g/mol. The molecular formula is C26H36Cl2N4. The first kappa shape index (κ1) is 24.0. The SMILES string of the molecule is CN1CCN2CCC(c3ccccc3)N(C)CCN(CC2)C(Cl)(c2ccccc2)C(Cl)C1. The van der Waals surface area contributed by atoms with Crippen molar-refractivity contribution in [1.82, 2.24) is 19.6 Å². The predicted octanol–water partition coefficient (Wildman–Crippen LogP) is 4.31. The molecule has 0 amide bonds. The van der Waals surface area contributed by atoms with Crippen LogP contribution in [-0.4, -0.2) is 91.4 Å². The Labute approximate surface area is 203 Å². The van der Waals surface area contributed by atoms with Crippen LogP contribution in [0.2, 0.25) is 0 Å². The lowest BCUT2D eigenvalue weighted by molar-refractivity contribution is 0.0685. The molecule has 2 bridgehead atoms. The van der Waals surface area contributed by atoms with E-state index in [9.17, 15) is 0 Å². The number of fused-ring (bicyclic) bond motifs is 3. The molecule has 0 N–H and O–H groups in total. The number of likely N-dealkylation sites (N-methyl/N-ethyl adjacent to an activating group) is 2. The standard InChI is InChI=1S/C26H36Cl2N4/c1-29-15-17-31-14-13-24(22-9-5-3-6-10-22)30(2)16-19-32(20-18-31)26(28,25(27)21-29)23-11-7-4-8-12-23/h3-12,24-25H,13-21H2,1-2H3. The van der Waals surface area contributed by atoms with Gasteiger partial charge in [-0.1, -0.05) is 72.3 Å². The van der Waals surface area contributed by atoms with E-state index < -0.39 is 5.00 Å². The zero-order valence-corrected chi connectivity index (χ0v) is 20.8. The van der Waals surface area contributed by atoms with E-state index in [1.807, 2.05) is 6.07 Å². The number of benzene rings is 2. The van der Waals surface area contributed by atoms with E-state index in [0.29, 0.717) is 6.04 Å². The van der Waals surface area contributed by atoms with Gasteiger partial charge in [-0.05, 0) is 31.6 Å². The molecule has 4 nitrogen and oxygen atoms in total. The van der Waals surface area contributed by atoms with Crippen molar-refractivity contribution >= 4 is 23.2 Å². The summed E-state index contributed by atoms with van der Waals surface area (Å²) < 4.78 is 0. The van der Waals surface area contributed by atoms with Gasteiger partial charge >= 0.3 is 0 Å². The van der Waals surface area contributed by atoms with Crippen LogP contribution in [-0.2, 0) is 5.00 Å². The van der Waals surface area contributed by atoms with Crippen molar-refractivity contribution in [3.63, 3.8) is 0 Å². The number of hydrogen-bond donors (Lipinski definition) is 0.